The predicted octanol–water partition coefficient (Wildman–Crippen LogP) is 2.33. The van der Waals surface area contributed by atoms with Crippen molar-refractivity contribution in [3.63, 3.8) is 0 Å². The third-order valence-electron chi connectivity index (χ3n) is 3.58. The minimum Gasteiger partial charge on any atom is -0.315 e. The van der Waals surface area contributed by atoms with E-state index in [2.05, 4.69) is 10.0 Å². The summed E-state index contributed by atoms with van der Waals surface area (Å²) in [5, 5.41) is 4.75. The van der Waals surface area contributed by atoms with E-state index in [1.165, 1.54) is 30.6 Å². The summed E-state index contributed by atoms with van der Waals surface area (Å²) in [6.07, 6.45) is 6.06. The van der Waals surface area contributed by atoms with E-state index >= 15 is 0 Å². The van der Waals surface area contributed by atoms with Crippen LogP contribution in [0.3, 0.4) is 0 Å². The van der Waals surface area contributed by atoms with Gasteiger partial charge in [0.1, 0.15) is 0 Å². The Hall–Kier alpha value is -0.430. The molecule has 0 amide bonds. The molecule has 0 aliphatic heterocycles. The van der Waals surface area contributed by atoms with Crippen molar-refractivity contribution in [2.75, 3.05) is 13.6 Å². The van der Waals surface area contributed by atoms with E-state index in [9.17, 15) is 8.42 Å². The van der Waals surface area contributed by atoms with Crippen LogP contribution in [0, 0.1) is 5.92 Å². The molecule has 2 N–H and O–H groups in total. The van der Waals surface area contributed by atoms with Gasteiger partial charge in [0.2, 0.25) is 10.0 Å². The lowest BCUT2D eigenvalue weighted by atomic mass is 9.90. The van der Waals surface area contributed by atoms with Crippen LogP contribution in [0.2, 0.25) is 0 Å². The normalized spacial score (nSPS) is 17.7. The summed E-state index contributed by atoms with van der Waals surface area (Å²) in [5.74, 6) is 0.513. The SMILES string of the molecule is CNCc1cc(S(=O)(=O)NCC2CCCCC2)cs1. The molecule has 0 saturated heterocycles. The molecule has 19 heavy (non-hydrogen) atoms. The highest BCUT2D eigenvalue weighted by Gasteiger charge is 2.19. The van der Waals surface area contributed by atoms with Crippen LogP contribution in [0.5, 0.6) is 0 Å². The molecule has 1 aliphatic rings. The zero-order chi connectivity index (χ0) is 13.7. The minimum absolute atomic E-state index is 0.401. The predicted molar refractivity (Wildman–Crippen MR) is 78.8 cm³/mol. The van der Waals surface area contributed by atoms with Crippen molar-refractivity contribution in [2.24, 2.45) is 5.92 Å². The summed E-state index contributed by atoms with van der Waals surface area (Å²) in [7, 11) is -1.47. The number of hydrogen-bond donors (Lipinski definition) is 2. The Kier molecular flexibility index (Phi) is 5.38. The number of hydrogen-bond acceptors (Lipinski definition) is 4. The molecule has 0 aromatic carbocycles. The third kappa shape index (κ3) is 4.27. The van der Waals surface area contributed by atoms with E-state index in [-0.39, 0.29) is 0 Å². The van der Waals surface area contributed by atoms with Crippen molar-refractivity contribution in [3.8, 4) is 0 Å². The van der Waals surface area contributed by atoms with Crippen molar-refractivity contribution in [3.05, 3.63) is 16.3 Å². The summed E-state index contributed by atoms with van der Waals surface area (Å²) in [4.78, 5) is 1.44. The van der Waals surface area contributed by atoms with Crippen molar-refractivity contribution in [1.29, 1.82) is 0 Å². The highest BCUT2D eigenvalue weighted by Crippen LogP contribution is 2.24. The molecular formula is C13H22N2O2S2. The molecule has 108 valence electrons. The maximum absolute atomic E-state index is 12.2. The number of thiophene rings is 1. The molecule has 0 radical (unpaired) electrons. The van der Waals surface area contributed by atoms with E-state index in [4.69, 9.17) is 0 Å². The molecule has 1 heterocycles. The monoisotopic (exact) mass is 302 g/mol. The maximum Gasteiger partial charge on any atom is 0.241 e. The van der Waals surface area contributed by atoms with Crippen LogP contribution in [0.4, 0.5) is 0 Å². The van der Waals surface area contributed by atoms with Gasteiger partial charge in [0.25, 0.3) is 0 Å². The summed E-state index contributed by atoms with van der Waals surface area (Å²) < 4.78 is 27.1. The summed E-state index contributed by atoms with van der Waals surface area (Å²) in [6.45, 7) is 1.29. The summed E-state index contributed by atoms with van der Waals surface area (Å²) >= 11 is 1.48. The molecule has 2 rings (SSSR count). The molecule has 1 aromatic heterocycles. The van der Waals surface area contributed by atoms with E-state index in [0.717, 1.165) is 17.7 Å². The first-order valence-electron chi connectivity index (χ1n) is 6.83. The van der Waals surface area contributed by atoms with Gasteiger partial charge in [0.05, 0.1) is 4.90 Å². The quantitative estimate of drug-likeness (QED) is 0.848. The fourth-order valence-corrected chi connectivity index (χ4v) is 4.87. The molecule has 4 nitrogen and oxygen atoms in total. The molecule has 0 bridgehead atoms. The highest BCUT2D eigenvalue weighted by molar-refractivity contribution is 7.89. The van der Waals surface area contributed by atoms with Gasteiger partial charge in [0, 0.05) is 23.3 Å². The third-order valence-corrected chi connectivity index (χ3v) is 6.07. The van der Waals surface area contributed by atoms with Crippen molar-refractivity contribution in [1.82, 2.24) is 10.0 Å². The average Bonchev–Trinajstić information content (AvgIpc) is 2.88. The fraction of sp³-hybridized carbons (Fsp3) is 0.692. The Labute approximate surface area is 119 Å². The molecule has 1 fully saturated rings. The van der Waals surface area contributed by atoms with Gasteiger partial charge in [-0.25, -0.2) is 13.1 Å². The van der Waals surface area contributed by atoms with E-state index in [1.807, 2.05) is 7.05 Å². The first-order valence-corrected chi connectivity index (χ1v) is 9.20. The van der Waals surface area contributed by atoms with Crippen LogP contribution in [0.25, 0.3) is 0 Å². The lowest BCUT2D eigenvalue weighted by Crippen LogP contribution is -2.30. The van der Waals surface area contributed by atoms with Crippen molar-refractivity contribution < 1.29 is 8.42 Å². The van der Waals surface area contributed by atoms with Gasteiger partial charge < -0.3 is 5.32 Å². The van der Waals surface area contributed by atoms with Gasteiger partial charge >= 0.3 is 0 Å². The molecule has 6 heteroatoms. The molecule has 0 atom stereocenters. The van der Waals surface area contributed by atoms with Gasteiger partial charge in [-0.05, 0) is 31.9 Å². The second-order valence-corrected chi connectivity index (χ2v) is 7.90. The Morgan fingerprint density at radius 3 is 2.74 bits per heavy atom. The van der Waals surface area contributed by atoms with Crippen LogP contribution >= 0.6 is 11.3 Å². The van der Waals surface area contributed by atoms with Gasteiger partial charge in [-0.2, -0.15) is 0 Å². The van der Waals surface area contributed by atoms with E-state index in [0.29, 0.717) is 23.9 Å². The van der Waals surface area contributed by atoms with Gasteiger partial charge in [-0.3, -0.25) is 0 Å². The first kappa shape index (κ1) is 15.0. The zero-order valence-electron chi connectivity index (χ0n) is 11.3. The molecule has 1 aliphatic carbocycles. The van der Waals surface area contributed by atoms with Gasteiger partial charge in [-0.1, -0.05) is 19.3 Å². The lowest BCUT2D eigenvalue weighted by Gasteiger charge is -2.21. The summed E-state index contributed by atoms with van der Waals surface area (Å²) in [6, 6.07) is 1.75. The average molecular weight is 302 g/mol. The first-order chi connectivity index (χ1) is 9.12. The van der Waals surface area contributed by atoms with Gasteiger partial charge in [0.15, 0.2) is 0 Å². The van der Waals surface area contributed by atoms with Crippen molar-refractivity contribution in [2.45, 2.75) is 43.5 Å². The Morgan fingerprint density at radius 1 is 1.32 bits per heavy atom. The summed E-state index contributed by atoms with van der Waals surface area (Å²) in [5.41, 5.74) is 0. The number of nitrogens with one attached hydrogen (secondary N) is 2. The maximum atomic E-state index is 12.2. The standard InChI is InChI=1S/C13H22N2O2S2/c1-14-9-12-7-13(10-18-12)19(16,17)15-8-11-5-3-2-4-6-11/h7,10-11,14-15H,2-6,8-9H2,1H3. The van der Waals surface area contributed by atoms with Crippen LogP contribution in [0.15, 0.2) is 16.3 Å². The van der Waals surface area contributed by atoms with E-state index < -0.39 is 10.0 Å². The Balaban J connectivity index is 1.92. The second kappa shape index (κ2) is 6.83. The molecule has 0 unspecified atom stereocenters. The smallest absolute Gasteiger partial charge is 0.241 e. The lowest BCUT2D eigenvalue weighted by molar-refractivity contribution is 0.357. The molecule has 1 saturated carbocycles. The van der Waals surface area contributed by atoms with E-state index in [1.54, 1.807) is 11.4 Å². The Bertz CT molecular complexity index is 490. The molecule has 0 spiro atoms. The number of sulfonamides is 1. The van der Waals surface area contributed by atoms with Crippen molar-refractivity contribution >= 4 is 21.4 Å². The van der Waals surface area contributed by atoms with Crippen LogP contribution in [0.1, 0.15) is 37.0 Å². The van der Waals surface area contributed by atoms with Gasteiger partial charge in [-0.15, -0.1) is 11.3 Å². The largest absolute Gasteiger partial charge is 0.315 e. The van der Waals surface area contributed by atoms with Crippen LogP contribution < -0.4 is 10.0 Å². The molecule has 1 aromatic rings. The topological polar surface area (TPSA) is 58.2 Å². The Morgan fingerprint density at radius 2 is 2.05 bits per heavy atom. The minimum atomic E-state index is -3.32. The molecular weight excluding hydrogens is 280 g/mol. The van der Waals surface area contributed by atoms with Crippen LogP contribution in [-0.2, 0) is 16.6 Å². The second-order valence-electron chi connectivity index (χ2n) is 5.13. The number of rotatable bonds is 6. The van der Waals surface area contributed by atoms with Crippen LogP contribution in [-0.4, -0.2) is 22.0 Å². The zero-order valence-corrected chi connectivity index (χ0v) is 12.9. The highest BCUT2D eigenvalue weighted by atomic mass is 32.2. The fourth-order valence-electron chi connectivity index (χ4n) is 2.47.